The third-order valence-corrected chi connectivity index (χ3v) is 5.26. The quantitative estimate of drug-likeness (QED) is 0.558. The van der Waals surface area contributed by atoms with Crippen LogP contribution in [0.1, 0.15) is 29.7 Å². The standard InChI is InChI=1S/C21H25ClO6/c1-2-27-15-6-3-12(4-7-15)9-14-10-13(5-8-16(14)22)20-18(25)19(26)21(28-20)17(24)11-23/h3-8,10,17-21,23-26H,2,9,11H2,1H3/t17?,18-,19-,20-,21-/m1/s1. The van der Waals surface area contributed by atoms with E-state index in [1.807, 2.05) is 37.3 Å². The van der Waals surface area contributed by atoms with E-state index in [0.717, 1.165) is 16.9 Å². The van der Waals surface area contributed by atoms with E-state index in [1.54, 1.807) is 12.1 Å². The molecule has 1 aliphatic rings. The summed E-state index contributed by atoms with van der Waals surface area (Å²) < 4.78 is 11.1. The highest BCUT2D eigenvalue weighted by Crippen LogP contribution is 2.36. The van der Waals surface area contributed by atoms with Gasteiger partial charge in [-0.25, -0.2) is 0 Å². The normalized spacial score (nSPS) is 25.6. The predicted molar refractivity (Wildman–Crippen MR) is 105 cm³/mol. The Kier molecular flexibility index (Phi) is 6.93. The molecule has 28 heavy (non-hydrogen) atoms. The molecule has 1 saturated heterocycles. The van der Waals surface area contributed by atoms with Crippen LogP contribution < -0.4 is 4.74 Å². The Morgan fingerprint density at radius 1 is 1.11 bits per heavy atom. The molecule has 6 nitrogen and oxygen atoms in total. The zero-order valence-electron chi connectivity index (χ0n) is 15.5. The number of hydrogen-bond acceptors (Lipinski definition) is 6. The molecule has 0 saturated carbocycles. The number of hydrogen-bond donors (Lipinski definition) is 4. The van der Waals surface area contributed by atoms with Crippen molar-refractivity contribution in [3.05, 3.63) is 64.2 Å². The van der Waals surface area contributed by atoms with Crippen molar-refractivity contribution >= 4 is 11.6 Å². The van der Waals surface area contributed by atoms with Crippen LogP contribution in [0.25, 0.3) is 0 Å². The first kappa shape index (κ1) is 21.0. The molecule has 0 aromatic heterocycles. The van der Waals surface area contributed by atoms with Crippen molar-refractivity contribution in [2.24, 2.45) is 0 Å². The van der Waals surface area contributed by atoms with E-state index in [9.17, 15) is 15.3 Å². The zero-order valence-corrected chi connectivity index (χ0v) is 16.3. The minimum absolute atomic E-state index is 0.565. The molecule has 152 valence electrons. The molecule has 3 rings (SSSR count). The second-order valence-corrected chi connectivity index (χ2v) is 7.26. The van der Waals surface area contributed by atoms with Crippen molar-refractivity contribution < 1.29 is 29.9 Å². The van der Waals surface area contributed by atoms with Crippen LogP contribution in [0.15, 0.2) is 42.5 Å². The molecule has 2 aromatic rings. The summed E-state index contributed by atoms with van der Waals surface area (Å²) >= 11 is 6.35. The van der Waals surface area contributed by atoms with Gasteiger partial charge < -0.3 is 29.9 Å². The van der Waals surface area contributed by atoms with E-state index in [2.05, 4.69) is 0 Å². The van der Waals surface area contributed by atoms with Crippen molar-refractivity contribution in [1.82, 2.24) is 0 Å². The molecule has 1 aliphatic heterocycles. The van der Waals surface area contributed by atoms with Crippen LogP contribution in [0.2, 0.25) is 5.02 Å². The van der Waals surface area contributed by atoms with Crippen LogP contribution in [0.3, 0.4) is 0 Å². The summed E-state index contributed by atoms with van der Waals surface area (Å²) in [6.07, 6.45) is -5.09. The van der Waals surface area contributed by atoms with Gasteiger partial charge in [0, 0.05) is 5.02 Å². The van der Waals surface area contributed by atoms with Gasteiger partial charge >= 0.3 is 0 Å². The zero-order chi connectivity index (χ0) is 20.3. The lowest BCUT2D eigenvalue weighted by Crippen LogP contribution is -2.40. The fraction of sp³-hybridized carbons (Fsp3) is 0.429. The van der Waals surface area contributed by atoms with Gasteiger partial charge in [0.1, 0.15) is 36.3 Å². The van der Waals surface area contributed by atoms with Gasteiger partial charge in [-0.2, -0.15) is 0 Å². The van der Waals surface area contributed by atoms with Gasteiger partial charge in [0.2, 0.25) is 0 Å². The summed E-state index contributed by atoms with van der Waals surface area (Å²) in [5, 5.41) is 40.0. The first-order valence-electron chi connectivity index (χ1n) is 9.25. The third kappa shape index (κ3) is 4.49. The fourth-order valence-electron chi connectivity index (χ4n) is 3.40. The minimum atomic E-state index is -1.29. The lowest BCUT2D eigenvalue weighted by Gasteiger charge is -2.19. The SMILES string of the molecule is CCOc1ccc(Cc2cc([C@H]3O[C@H](C(O)CO)[C@H](O)[C@H]3O)ccc2Cl)cc1. The second kappa shape index (κ2) is 9.22. The Bertz CT molecular complexity index is 781. The molecule has 0 aliphatic carbocycles. The molecule has 0 bridgehead atoms. The van der Waals surface area contributed by atoms with Gasteiger partial charge in [0.15, 0.2) is 0 Å². The summed E-state index contributed by atoms with van der Waals surface area (Å²) in [6.45, 7) is 1.97. The molecule has 1 fully saturated rings. The molecule has 0 spiro atoms. The lowest BCUT2D eigenvalue weighted by atomic mass is 9.96. The van der Waals surface area contributed by atoms with Crippen LogP contribution in [-0.4, -0.2) is 58.1 Å². The molecule has 0 radical (unpaired) electrons. The van der Waals surface area contributed by atoms with Gasteiger partial charge in [-0.15, -0.1) is 0 Å². The van der Waals surface area contributed by atoms with Crippen LogP contribution in [0.5, 0.6) is 5.75 Å². The van der Waals surface area contributed by atoms with E-state index >= 15 is 0 Å². The first-order chi connectivity index (χ1) is 13.4. The first-order valence-corrected chi connectivity index (χ1v) is 9.63. The van der Waals surface area contributed by atoms with Crippen LogP contribution in [0, 0.1) is 0 Å². The summed E-state index contributed by atoms with van der Waals surface area (Å²) in [5.74, 6) is 0.802. The van der Waals surface area contributed by atoms with Crippen molar-refractivity contribution in [3.8, 4) is 5.75 Å². The van der Waals surface area contributed by atoms with Crippen molar-refractivity contribution in [2.45, 2.75) is 43.9 Å². The van der Waals surface area contributed by atoms with Crippen molar-refractivity contribution in [3.63, 3.8) is 0 Å². The van der Waals surface area contributed by atoms with Gasteiger partial charge in [0.05, 0.1) is 13.2 Å². The Labute approximate surface area is 168 Å². The fourth-order valence-corrected chi connectivity index (χ4v) is 3.58. The molecule has 1 unspecified atom stereocenters. The number of rotatable bonds is 7. The number of aliphatic hydroxyl groups excluding tert-OH is 4. The highest BCUT2D eigenvalue weighted by molar-refractivity contribution is 6.31. The maximum absolute atomic E-state index is 10.3. The van der Waals surface area contributed by atoms with E-state index in [-0.39, 0.29) is 0 Å². The highest BCUT2D eigenvalue weighted by Gasteiger charge is 2.46. The molecule has 5 atom stereocenters. The van der Waals surface area contributed by atoms with Gasteiger partial charge in [-0.3, -0.25) is 0 Å². The summed E-state index contributed by atoms with van der Waals surface area (Å²) in [5.41, 5.74) is 2.54. The van der Waals surface area contributed by atoms with Gasteiger partial charge in [-0.05, 0) is 48.2 Å². The van der Waals surface area contributed by atoms with Crippen LogP contribution >= 0.6 is 11.6 Å². The molecular formula is C21H25ClO6. The Morgan fingerprint density at radius 2 is 1.82 bits per heavy atom. The topological polar surface area (TPSA) is 99.4 Å². The Morgan fingerprint density at radius 3 is 2.46 bits per heavy atom. The highest BCUT2D eigenvalue weighted by atomic mass is 35.5. The monoisotopic (exact) mass is 408 g/mol. The number of ether oxygens (including phenoxy) is 2. The summed E-state index contributed by atoms with van der Waals surface area (Å²) in [7, 11) is 0. The number of aliphatic hydroxyl groups is 4. The minimum Gasteiger partial charge on any atom is -0.494 e. The second-order valence-electron chi connectivity index (χ2n) is 6.86. The average Bonchev–Trinajstić information content (AvgIpc) is 3.00. The van der Waals surface area contributed by atoms with E-state index in [4.69, 9.17) is 26.2 Å². The number of benzene rings is 2. The van der Waals surface area contributed by atoms with Crippen molar-refractivity contribution in [2.75, 3.05) is 13.2 Å². The molecule has 2 aromatic carbocycles. The molecule has 4 N–H and O–H groups in total. The summed E-state index contributed by atoms with van der Waals surface area (Å²) in [6, 6.07) is 13.0. The third-order valence-electron chi connectivity index (χ3n) is 4.89. The van der Waals surface area contributed by atoms with E-state index in [1.165, 1.54) is 0 Å². The maximum atomic E-state index is 10.3. The van der Waals surface area contributed by atoms with Gasteiger partial charge in [-0.1, -0.05) is 35.9 Å². The molecular weight excluding hydrogens is 384 g/mol. The van der Waals surface area contributed by atoms with Crippen molar-refractivity contribution in [1.29, 1.82) is 0 Å². The Hall–Kier alpha value is -1.67. The smallest absolute Gasteiger partial charge is 0.119 e. The molecule has 0 amide bonds. The Balaban J connectivity index is 1.79. The number of halogens is 1. The van der Waals surface area contributed by atoms with Crippen LogP contribution in [0.4, 0.5) is 0 Å². The van der Waals surface area contributed by atoms with Crippen LogP contribution in [-0.2, 0) is 11.2 Å². The lowest BCUT2D eigenvalue weighted by molar-refractivity contribution is -0.0820. The average molecular weight is 409 g/mol. The van der Waals surface area contributed by atoms with E-state index < -0.39 is 37.1 Å². The van der Waals surface area contributed by atoms with E-state index in [0.29, 0.717) is 23.6 Å². The maximum Gasteiger partial charge on any atom is 0.119 e. The summed E-state index contributed by atoms with van der Waals surface area (Å²) in [4.78, 5) is 0. The molecule has 1 heterocycles. The predicted octanol–water partition coefficient (Wildman–Crippen LogP) is 1.84. The largest absolute Gasteiger partial charge is 0.494 e. The molecule has 7 heteroatoms. The van der Waals surface area contributed by atoms with Gasteiger partial charge in [0.25, 0.3) is 0 Å².